The van der Waals surface area contributed by atoms with Gasteiger partial charge in [0, 0.05) is 11.3 Å². The molecule has 5 nitrogen and oxygen atoms in total. The summed E-state index contributed by atoms with van der Waals surface area (Å²) in [5.41, 5.74) is 7.69. The van der Waals surface area contributed by atoms with Gasteiger partial charge in [-0.3, -0.25) is 4.79 Å². The standard InChI is InChI=1S/C16H18N2O3/c1-3-21-12-5-7-14(10(2)8-12)18-16(20)11-4-6-13(17)15(19)9-11/h4-9,19H,3,17H2,1-2H3,(H,18,20). The van der Waals surface area contributed by atoms with Gasteiger partial charge in [0.25, 0.3) is 5.91 Å². The normalized spacial score (nSPS) is 10.2. The number of nitrogens with two attached hydrogens (primary N) is 1. The van der Waals surface area contributed by atoms with Crippen LogP contribution in [0.25, 0.3) is 0 Å². The van der Waals surface area contributed by atoms with Crippen molar-refractivity contribution in [1.29, 1.82) is 0 Å². The Kier molecular flexibility index (Phi) is 4.33. The zero-order valence-electron chi connectivity index (χ0n) is 12.0. The molecule has 0 heterocycles. The molecule has 0 unspecified atom stereocenters. The zero-order chi connectivity index (χ0) is 15.4. The third kappa shape index (κ3) is 3.45. The second-order valence-electron chi connectivity index (χ2n) is 4.64. The van der Waals surface area contributed by atoms with Crippen molar-refractivity contribution in [3.05, 3.63) is 47.5 Å². The molecule has 110 valence electrons. The maximum absolute atomic E-state index is 12.1. The van der Waals surface area contributed by atoms with Crippen LogP contribution in [0.2, 0.25) is 0 Å². The Morgan fingerprint density at radius 2 is 2.05 bits per heavy atom. The maximum Gasteiger partial charge on any atom is 0.255 e. The molecule has 0 radical (unpaired) electrons. The molecule has 2 rings (SSSR count). The van der Waals surface area contributed by atoms with E-state index in [2.05, 4.69) is 5.32 Å². The Hall–Kier alpha value is -2.69. The van der Waals surface area contributed by atoms with Crippen LogP contribution in [-0.4, -0.2) is 17.6 Å². The number of anilines is 2. The number of amides is 1. The van der Waals surface area contributed by atoms with Gasteiger partial charge in [-0.2, -0.15) is 0 Å². The molecule has 0 saturated heterocycles. The number of aromatic hydroxyl groups is 1. The Balaban J connectivity index is 2.17. The highest BCUT2D eigenvalue weighted by Gasteiger charge is 2.10. The van der Waals surface area contributed by atoms with E-state index in [0.29, 0.717) is 17.9 Å². The van der Waals surface area contributed by atoms with Gasteiger partial charge in [-0.05, 0) is 55.8 Å². The maximum atomic E-state index is 12.1. The van der Waals surface area contributed by atoms with Gasteiger partial charge < -0.3 is 20.9 Å². The molecule has 1 amide bonds. The molecule has 0 atom stereocenters. The van der Waals surface area contributed by atoms with Crippen molar-refractivity contribution in [2.24, 2.45) is 0 Å². The summed E-state index contributed by atoms with van der Waals surface area (Å²) in [5, 5.41) is 12.3. The summed E-state index contributed by atoms with van der Waals surface area (Å²) in [6.07, 6.45) is 0. The summed E-state index contributed by atoms with van der Waals surface area (Å²) in [5.74, 6) is 0.349. The van der Waals surface area contributed by atoms with Crippen molar-refractivity contribution in [1.82, 2.24) is 0 Å². The number of aryl methyl sites for hydroxylation is 1. The van der Waals surface area contributed by atoms with Crippen LogP contribution in [0.5, 0.6) is 11.5 Å². The summed E-state index contributed by atoms with van der Waals surface area (Å²) >= 11 is 0. The first-order chi connectivity index (χ1) is 10.0. The van der Waals surface area contributed by atoms with Crippen LogP contribution in [0.3, 0.4) is 0 Å². The smallest absolute Gasteiger partial charge is 0.255 e. The fourth-order valence-electron chi connectivity index (χ4n) is 1.91. The average molecular weight is 286 g/mol. The highest BCUT2D eigenvalue weighted by atomic mass is 16.5. The molecule has 0 aliphatic heterocycles. The summed E-state index contributed by atoms with van der Waals surface area (Å²) in [7, 11) is 0. The monoisotopic (exact) mass is 286 g/mol. The van der Waals surface area contributed by atoms with Gasteiger partial charge in [-0.25, -0.2) is 0 Å². The quantitative estimate of drug-likeness (QED) is 0.596. The van der Waals surface area contributed by atoms with E-state index in [0.717, 1.165) is 11.3 Å². The number of nitrogen functional groups attached to an aromatic ring is 1. The Labute approximate surface area is 123 Å². The minimum absolute atomic E-state index is 0.105. The Bertz CT molecular complexity index is 669. The topological polar surface area (TPSA) is 84.6 Å². The van der Waals surface area contributed by atoms with E-state index >= 15 is 0 Å². The number of carbonyl (C=O) groups is 1. The van der Waals surface area contributed by atoms with Gasteiger partial charge in [0.2, 0.25) is 0 Å². The van der Waals surface area contributed by atoms with Crippen molar-refractivity contribution in [2.45, 2.75) is 13.8 Å². The number of ether oxygens (including phenoxy) is 1. The minimum Gasteiger partial charge on any atom is -0.506 e. The molecular formula is C16H18N2O3. The predicted octanol–water partition coefficient (Wildman–Crippen LogP) is 2.93. The lowest BCUT2D eigenvalue weighted by Crippen LogP contribution is -2.12. The zero-order valence-corrected chi connectivity index (χ0v) is 12.0. The van der Waals surface area contributed by atoms with Crippen molar-refractivity contribution < 1.29 is 14.6 Å². The number of phenolic OH excluding ortho intramolecular Hbond substituents is 1. The summed E-state index contributed by atoms with van der Waals surface area (Å²) < 4.78 is 5.40. The second-order valence-corrected chi connectivity index (χ2v) is 4.64. The molecule has 2 aromatic carbocycles. The highest BCUT2D eigenvalue weighted by Crippen LogP contribution is 2.24. The van der Waals surface area contributed by atoms with Gasteiger partial charge in [-0.15, -0.1) is 0 Å². The lowest BCUT2D eigenvalue weighted by molar-refractivity contribution is 0.102. The Morgan fingerprint density at radius 1 is 1.29 bits per heavy atom. The first-order valence-corrected chi connectivity index (χ1v) is 6.64. The van der Waals surface area contributed by atoms with Crippen LogP contribution < -0.4 is 15.8 Å². The molecule has 0 aliphatic carbocycles. The minimum atomic E-state index is -0.308. The Morgan fingerprint density at radius 3 is 2.67 bits per heavy atom. The number of nitrogens with one attached hydrogen (secondary N) is 1. The summed E-state index contributed by atoms with van der Waals surface area (Å²) in [6.45, 7) is 4.40. The van der Waals surface area contributed by atoms with Gasteiger partial charge in [0.15, 0.2) is 0 Å². The third-order valence-electron chi connectivity index (χ3n) is 3.05. The first kappa shape index (κ1) is 14.7. The van der Waals surface area contributed by atoms with Crippen molar-refractivity contribution in [3.8, 4) is 11.5 Å². The molecule has 0 saturated carbocycles. The molecule has 0 spiro atoms. The number of hydrogen-bond donors (Lipinski definition) is 3. The number of rotatable bonds is 4. The highest BCUT2D eigenvalue weighted by molar-refractivity contribution is 6.05. The fourth-order valence-corrected chi connectivity index (χ4v) is 1.91. The van der Waals surface area contributed by atoms with E-state index in [1.165, 1.54) is 12.1 Å². The van der Waals surface area contributed by atoms with Crippen LogP contribution in [0.1, 0.15) is 22.8 Å². The molecule has 21 heavy (non-hydrogen) atoms. The van der Waals surface area contributed by atoms with E-state index in [4.69, 9.17) is 10.5 Å². The van der Waals surface area contributed by atoms with Crippen LogP contribution in [0.4, 0.5) is 11.4 Å². The lowest BCUT2D eigenvalue weighted by atomic mass is 10.1. The molecule has 2 aromatic rings. The van der Waals surface area contributed by atoms with E-state index < -0.39 is 0 Å². The van der Waals surface area contributed by atoms with Crippen molar-refractivity contribution >= 4 is 17.3 Å². The number of phenols is 1. The van der Waals surface area contributed by atoms with Gasteiger partial charge in [-0.1, -0.05) is 0 Å². The number of benzene rings is 2. The number of carbonyl (C=O) groups excluding carboxylic acids is 1. The molecular weight excluding hydrogens is 268 g/mol. The largest absolute Gasteiger partial charge is 0.506 e. The van der Waals surface area contributed by atoms with Crippen LogP contribution in [0.15, 0.2) is 36.4 Å². The predicted molar refractivity (Wildman–Crippen MR) is 82.8 cm³/mol. The van der Waals surface area contributed by atoms with Crippen LogP contribution in [0, 0.1) is 6.92 Å². The van der Waals surface area contributed by atoms with E-state index in [9.17, 15) is 9.90 Å². The van der Waals surface area contributed by atoms with Gasteiger partial charge in [0.1, 0.15) is 11.5 Å². The number of hydrogen-bond acceptors (Lipinski definition) is 4. The molecule has 0 bridgehead atoms. The molecule has 0 fully saturated rings. The lowest BCUT2D eigenvalue weighted by Gasteiger charge is -2.11. The van der Waals surface area contributed by atoms with Crippen LogP contribution >= 0.6 is 0 Å². The summed E-state index contributed by atoms with van der Waals surface area (Å²) in [6, 6.07) is 9.85. The summed E-state index contributed by atoms with van der Waals surface area (Å²) in [4.78, 5) is 12.1. The second kappa shape index (κ2) is 6.17. The van der Waals surface area contributed by atoms with Crippen LogP contribution in [-0.2, 0) is 0 Å². The molecule has 5 heteroatoms. The molecule has 4 N–H and O–H groups in total. The van der Waals surface area contributed by atoms with Crippen molar-refractivity contribution in [3.63, 3.8) is 0 Å². The average Bonchev–Trinajstić information content (AvgIpc) is 2.45. The third-order valence-corrected chi connectivity index (χ3v) is 3.05. The van der Waals surface area contributed by atoms with E-state index in [-0.39, 0.29) is 17.3 Å². The van der Waals surface area contributed by atoms with E-state index in [1.807, 2.05) is 19.9 Å². The SMILES string of the molecule is CCOc1ccc(NC(=O)c2ccc(N)c(O)c2)c(C)c1. The molecule has 0 aromatic heterocycles. The van der Waals surface area contributed by atoms with Crippen molar-refractivity contribution in [2.75, 3.05) is 17.7 Å². The molecule has 0 aliphatic rings. The van der Waals surface area contributed by atoms with Gasteiger partial charge >= 0.3 is 0 Å². The fraction of sp³-hybridized carbons (Fsp3) is 0.188. The van der Waals surface area contributed by atoms with Gasteiger partial charge in [0.05, 0.1) is 12.3 Å². The van der Waals surface area contributed by atoms with E-state index in [1.54, 1.807) is 18.2 Å². The first-order valence-electron chi connectivity index (χ1n) is 6.64.